The number of aliphatic hydroxyl groups excluding tert-OH is 1. The summed E-state index contributed by atoms with van der Waals surface area (Å²) in [6.07, 6.45) is 21.5. The number of carbonyl (C=O) groups excluding carboxylic acids is 4. The van der Waals surface area contributed by atoms with Gasteiger partial charge in [-0.3, -0.25) is 19.0 Å². The van der Waals surface area contributed by atoms with E-state index in [0.717, 1.165) is 36.0 Å². The van der Waals surface area contributed by atoms with Crippen LogP contribution < -0.4 is 10.1 Å². The van der Waals surface area contributed by atoms with Crippen molar-refractivity contribution in [1.29, 1.82) is 0 Å². The van der Waals surface area contributed by atoms with Crippen molar-refractivity contribution in [3.05, 3.63) is 76.4 Å². The largest absolute Gasteiger partial charge is 0.461 e. The first kappa shape index (κ1) is 51.3. The van der Waals surface area contributed by atoms with Crippen LogP contribution in [0.2, 0.25) is 0 Å². The van der Waals surface area contributed by atoms with Crippen LogP contribution in [0.5, 0.6) is 5.75 Å². The highest BCUT2D eigenvalue weighted by molar-refractivity contribution is 5.97. The molecule has 3 heterocycles. The van der Waals surface area contributed by atoms with Crippen molar-refractivity contribution in [1.82, 2.24) is 19.5 Å². The van der Waals surface area contributed by atoms with E-state index in [-0.39, 0.29) is 48.2 Å². The van der Waals surface area contributed by atoms with Gasteiger partial charge in [0.2, 0.25) is 5.91 Å². The van der Waals surface area contributed by atoms with Crippen LogP contribution in [-0.4, -0.2) is 66.8 Å². The molecule has 0 unspecified atom stereocenters. The van der Waals surface area contributed by atoms with Gasteiger partial charge < -0.3 is 29.4 Å². The van der Waals surface area contributed by atoms with E-state index >= 15 is 0 Å². The summed E-state index contributed by atoms with van der Waals surface area (Å²) < 4.78 is 24.7. The lowest BCUT2D eigenvalue weighted by Crippen LogP contribution is -2.43. The smallest absolute Gasteiger partial charge is 0.338 e. The average Bonchev–Trinajstić information content (AvgIpc) is 3.83. The van der Waals surface area contributed by atoms with E-state index < -0.39 is 41.9 Å². The van der Waals surface area contributed by atoms with Crippen LogP contribution in [0.25, 0.3) is 11.2 Å². The van der Waals surface area contributed by atoms with Gasteiger partial charge in [-0.25, -0.2) is 19.7 Å². The monoisotopic (exact) mass is 908 g/mol. The summed E-state index contributed by atoms with van der Waals surface area (Å²) in [5.74, 6) is 1.59. The average molecular weight is 908 g/mol. The molecule has 3 atom stereocenters. The Bertz CT molecular complexity index is 2350. The predicted molar refractivity (Wildman–Crippen MR) is 253 cm³/mol. The topological polar surface area (TPSA) is 181 Å². The van der Waals surface area contributed by atoms with Gasteiger partial charge in [-0.2, -0.15) is 0 Å². The third-order valence-corrected chi connectivity index (χ3v) is 12.2. The lowest BCUT2D eigenvalue weighted by molar-refractivity contribution is -0.145. The number of fused-ring (bicyclic) bond motifs is 1. The number of hydrogen-bond donors (Lipinski definition) is 2. The molecule has 2 aromatic carbocycles. The highest BCUT2D eigenvalue weighted by atomic mass is 16.6. The number of carbonyl (C=O) groups is 4. The molecule has 14 nitrogen and oxygen atoms in total. The van der Waals surface area contributed by atoms with Crippen molar-refractivity contribution < 1.29 is 43.2 Å². The quantitative estimate of drug-likeness (QED) is 0.0278. The first-order chi connectivity index (χ1) is 31.6. The lowest BCUT2D eigenvalue weighted by atomic mass is 9.78. The summed E-state index contributed by atoms with van der Waals surface area (Å²) >= 11 is 0. The highest BCUT2D eigenvalue weighted by Crippen LogP contribution is 2.40. The molecule has 14 heteroatoms. The van der Waals surface area contributed by atoms with Gasteiger partial charge in [-0.1, -0.05) is 128 Å². The number of aromatic nitrogens is 4. The zero-order valence-electron chi connectivity index (χ0n) is 40.0. The van der Waals surface area contributed by atoms with Crippen LogP contribution in [0, 0.1) is 33.1 Å². The van der Waals surface area contributed by atoms with Gasteiger partial charge in [0.25, 0.3) is 0 Å². The van der Waals surface area contributed by atoms with Crippen molar-refractivity contribution in [2.45, 2.75) is 181 Å². The fourth-order valence-electron chi connectivity index (χ4n) is 8.86. The van der Waals surface area contributed by atoms with Gasteiger partial charge in [0.1, 0.15) is 37.1 Å². The Morgan fingerprint density at radius 1 is 0.939 bits per heavy atom. The van der Waals surface area contributed by atoms with E-state index in [1.807, 2.05) is 33.8 Å². The second-order valence-electron chi connectivity index (χ2n) is 18.3. The number of rotatable bonds is 25. The van der Waals surface area contributed by atoms with Crippen LogP contribution >= 0.6 is 0 Å². The van der Waals surface area contributed by atoms with Gasteiger partial charge in [0.05, 0.1) is 11.9 Å². The van der Waals surface area contributed by atoms with Crippen LogP contribution in [0.4, 0.5) is 5.82 Å². The molecule has 2 N–H and O–H groups in total. The number of benzene rings is 2. The molecule has 1 fully saturated rings. The van der Waals surface area contributed by atoms with Crippen molar-refractivity contribution >= 4 is 40.8 Å². The molecule has 0 spiro atoms. The van der Waals surface area contributed by atoms with Crippen molar-refractivity contribution in [2.24, 2.45) is 0 Å². The fourth-order valence-corrected chi connectivity index (χ4v) is 8.86. The van der Waals surface area contributed by atoms with Gasteiger partial charge >= 0.3 is 17.9 Å². The highest BCUT2D eigenvalue weighted by Gasteiger charge is 2.49. The molecule has 2 aromatic heterocycles. The van der Waals surface area contributed by atoms with Crippen molar-refractivity contribution in [3.63, 3.8) is 0 Å². The number of anilines is 1. The molecule has 0 saturated carbocycles. The summed E-state index contributed by atoms with van der Waals surface area (Å²) in [6.45, 7) is 12.3. The number of nitrogens with one attached hydrogen (secondary N) is 1. The number of aryl methyl sites for hydroxylation is 3. The number of imidazole rings is 1. The maximum Gasteiger partial charge on any atom is 0.338 e. The van der Waals surface area contributed by atoms with E-state index in [9.17, 15) is 24.3 Å². The molecular formula is C52H69N5O9. The van der Waals surface area contributed by atoms with Gasteiger partial charge in [-0.05, 0) is 50.5 Å². The minimum absolute atomic E-state index is 0.0124. The van der Waals surface area contributed by atoms with Gasteiger partial charge in [-0.15, -0.1) is 6.42 Å². The van der Waals surface area contributed by atoms with E-state index in [2.05, 4.69) is 33.1 Å². The lowest BCUT2D eigenvalue weighted by Gasteiger charge is -2.29. The molecular weight excluding hydrogens is 839 g/mol. The van der Waals surface area contributed by atoms with Crippen molar-refractivity contribution in [3.8, 4) is 18.1 Å². The van der Waals surface area contributed by atoms with Gasteiger partial charge in [0.15, 0.2) is 22.6 Å². The number of esters is 3. The minimum atomic E-state index is -1.71. The normalized spacial score (nSPS) is 17.1. The molecule has 1 saturated heterocycles. The van der Waals surface area contributed by atoms with Crippen LogP contribution in [0.3, 0.4) is 0 Å². The summed E-state index contributed by atoms with van der Waals surface area (Å²) in [7, 11) is 0. The first-order valence-electron chi connectivity index (χ1n) is 23.6. The molecule has 0 bridgehead atoms. The van der Waals surface area contributed by atoms with E-state index in [1.54, 1.807) is 41.8 Å². The SMILES string of the molecule is C#C[C@]1(COC(=O)c2ccccc2COC(=O)CCCCCCCCCCCCCCC)O[C@@H](n2cnc3c(NC(=O)CC(C)(C)c4c(C)cc(C)cc4OC(C)=O)nc(C)nc32)C[C@@H]1O. The second-order valence-corrected chi connectivity index (χ2v) is 18.3. The maximum atomic E-state index is 13.7. The summed E-state index contributed by atoms with van der Waals surface area (Å²) in [4.78, 5) is 65.3. The third kappa shape index (κ3) is 13.9. The minimum Gasteiger partial charge on any atom is -0.461 e. The molecule has 1 amide bonds. The van der Waals surface area contributed by atoms with Crippen LogP contribution in [0.15, 0.2) is 42.7 Å². The van der Waals surface area contributed by atoms with Gasteiger partial charge in [0, 0.05) is 42.7 Å². The van der Waals surface area contributed by atoms with Crippen molar-refractivity contribution in [2.75, 3.05) is 11.9 Å². The Hall–Kier alpha value is -5.65. The first-order valence-corrected chi connectivity index (χ1v) is 23.6. The summed E-state index contributed by atoms with van der Waals surface area (Å²) in [6, 6.07) is 10.5. The molecule has 5 rings (SSSR count). The van der Waals surface area contributed by atoms with E-state index in [1.165, 1.54) is 77.5 Å². The molecule has 0 radical (unpaired) electrons. The van der Waals surface area contributed by atoms with E-state index in [0.29, 0.717) is 29.2 Å². The second kappa shape index (κ2) is 24.2. The Morgan fingerprint density at radius 2 is 1.59 bits per heavy atom. The predicted octanol–water partition coefficient (Wildman–Crippen LogP) is 10.0. The Labute approximate surface area is 390 Å². The number of hydrogen-bond acceptors (Lipinski definition) is 12. The number of nitrogens with zero attached hydrogens (tertiary/aromatic N) is 4. The Morgan fingerprint density at radius 3 is 2.24 bits per heavy atom. The number of ether oxygens (including phenoxy) is 4. The zero-order valence-corrected chi connectivity index (χ0v) is 40.0. The number of amides is 1. The number of terminal acetylenes is 1. The standard InChI is InChI=1S/C52H69N5O9/c1-9-11-12-13-14-15-16-17-18-19-20-21-22-27-45(61)63-32-39-25-23-24-26-40(39)50(62)64-33-52(10-2)42(59)30-44(66-52)57-34-53-47-48(54-37(5)55-49(47)57)56-43(60)31-51(7,8)46-36(4)28-35(3)29-41(46)65-38(6)58/h2,23-26,28-29,34,42,44,59H,9,11-22,27,30-33H2,1,3-8H3,(H,54,55,56,60)/t42-,44+,52+/m0/s1. The summed E-state index contributed by atoms with van der Waals surface area (Å²) in [5.41, 5.74) is 1.38. The maximum absolute atomic E-state index is 13.7. The summed E-state index contributed by atoms with van der Waals surface area (Å²) in [5, 5.41) is 14.2. The fraction of sp³-hybridized carbons (Fsp3) is 0.558. The molecule has 1 aliphatic rings. The number of aliphatic hydroxyl groups is 1. The molecule has 4 aromatic rings. The Balaban J connectivity index is 1.14. The van der Waals surface area contributed by atoms with Crippen LogP contribution in [0.1, 0.15) is 175 Å². The number of unbranched alkanes of at least 4 members (excludes halogenated alkanes) is 12. The zero-order chi connectivity index (χ0) is 47.9. The Kier molecular flexibility index (Phi) is 18.8. The molecule has 356 valence electrons. The molecule has 0 aliphatic carbocycles. The molecule has 66 heavy (non-hydrogen) atoms. The molecule has 1 aliphatic heterocycles. The third-order valence-electron chi connectivity index (χ3n) is 12.2. The van der Waals surface area contributed by atoms with Crippen LogP contribution in [-0.2, 0) is 40.6 Å². The van der Waals surface area contributed by atoms with E-state index in [4.69, 9.17) is 25.4 Å².